The van der Waals surface area contributed by atoms with Crippen LogP contribution >= 0.6 is 0 Å². The Morgan fingerprint density at radius 2 is 1.88 bits per heavy atom. The van der Waals surface area contributed by atoms with E-state index in [9.17, 15) is 4.79 Å². The van der Waals surface area contributed by atoms with Crippen molar-refractivity contribution >= 4 is 28.9 Å². The molecule has 0 unspecified atom stereocenters. The van der Waals surface area contributed by atoms with Crippen molar-refractivity contribution < 1.29 is 4.79 Å². The summed E-state index contributed by atoms with van der Waals surface area (Å²) in [6, 6.07) is 15.4. The third-order valence-electron chi connectivity index (χ3n) is 4.17. The van der Waals surface area contributed by atoms with Gasteiger partial charge in [0.2, 0.25) is 5.95 Å². The van der Waals surface area contributed by atoms with Gasteiger partial charge >= 0.3 is 0 Å². The molecule has 5 heteroatoms. The molecule has 1 heterocycles. The molecule has 0 aliphatic heterocycles. The normalized spacial score (nSPS) is 10.4. The Bertz CT molecular complexity index is 937. The van der Waals surface area contributed by atoms with Crippen LogP contribution in [0.3, 0.4) is 0 Å². The van der Waals surface area contributed by atoms with E-state index in [-0.39, 0.29) is 5.78 Å². The van der Waals surface area contributed by atoms with E-state index >= 15 is 0 Å². The Hall–Kier alpha value is -3.21. The first kappa shape index (κ1) is 17.6. The van der Waals surface area contributed by atoms with Gasteiger partial charge in [-0.05, 0) is 49.6 Å². The maximum Gasteiger partial charge on any atom is 0.229 e. The molecule has 2 N–H and O–H groups in total. The molecular weight excluding hydrogens is 324 g/mol. The van der Waals surface area contributed by atoms with E-state index in [1.165, 1.54) is 11.1 Å². The molecular formula is C21H22N4O. The van der Waals surface area contributed by atoms with Crippen molar-refractivity contribution in [2.75, 3.05) is 10.6 Å². The quantitative estimate of drug-likeness (QED) is 0.612. The van der Waals surface area contributed by atoms with Gasteiger partial charge in [0.1, 0.15) is 5.82 Å². The monoisotopic (exact) mass is 346 g/mol. The number of anilines is 4. The van der Waals surface area contributed by atoms with Gasteiger partial charge in [-0.25, -0.2) is 4.98 Å². The van der Waals surface area contributed by atoms with Gasteiger partial charge in [0.15, 0.2) is 5.78 Å². The lowest BCUT2D eigenvalue weighted by molar-refractivity contribution is 0.101. The van der Waals surface area contributed by atoms with E-state index in [0.29, 0.717) is 17.3 Å². The van der Waals surface area contributed by atoms with E-state index in [1.54, 1.807) is 25.3 Å². The third kappa shape index (κ3) is 4.06. The molecule has 3 rings (SSSR count). The van der Waals surface area contributed by atoms with Crippen LogP contribution in [-0.2, 0) is 6.42 Å². The Morgan fingerprint density at radius 3 is 2.65 bits per heavy atom. The van der Waals surface area contributed by atoms with Crippen LogP contribution in [0.1, 0.15) is 35.3 Å². The summed E-state index contributed by atoms with van der Waals surface area (Å²) in [5, 5.41) is 6.56. The van der Waals surface area contributed by atoms with Gasteiger partial charge in [0.05, 0.1) is 0 Å². The van der Waals surface area contributed by atoms with Gasteiger partial charge in [-0.3, -0.25) is 4.79 Å². The fraction of sp³-hybridized carbons (Fsp3) is 0.190. The second kappa shape index (κ2) is 7.78. The molecule has 0 saturated carbocycles. The number of ketones is 1. The topological polar surface area (TPSA) is 66.9 Å². The second-order valence-electron chi connectivity index (χ2n) is 6.12. The Balaban J connectivity index is 1.83. The minimum atomic E-state index is 0.0247. The maximum atomic E-state index is 11.5. The summed E-state index contributed by atoms with van der Waals surface area (Å²) in [5.41, 5.74) is 4.92. The van der Waals surface area contributed by atoms with E-state index in [2.05, 4.69) is 52.6 Å². The summed E-state index contributed by atoms with van der Waals surface area (Å²) in [5.74, 6) is 1.22. The van der Waals surface area contributed by atoms with Crippen molar-refractivity contribution in [1.82, 2.24) is 9.97 Å². The van der Waals surface area contributed by atoms with Crippen molar-refractivity contribution in [2.24, 2.45) is 0 Å². The SMILES string of the molecule is CCc1cccc(C)c1Nc1ccnc(Nc2cccc(C(C)=O)c2)n1. The molecule has 132 valence electrons. The molecule has 2 aromatic carbocycles. The smallest absolute Gasteiger partial charge is 0.229 e. The molecule has 0 radical (unpaired) electrons. The zero-order chi connectivity index (χ0) is 18.5. The summed E-state index contributed by atoms with van der Waals surface area (Å²) < 4.78 is 0. The first-order valence-electron chi connectivity index (χ1n) is 8.63. The number of hydrogen-bond donors (Lipinski definition) is 2. The van der Waals surface area contributed by atoms with Gasteiger partial charge in [0.25, 0.3) is 0 Å². The van der Waals surface area contributed by atoms with Gasteiger partial charge in [0, 0.05) is 23.1 Å². The highest BCUT2D eigenvalue weighted by Crippen LogP contribution is 2.25. The average Bonchev–Trinajstić information content (AvgIpc) is 2.64. The van der Waals surface area contributed by atoms with Crippen molar-refractivity contribution in [2.45, 2.75) is 27.2 Å². The van der Waals surface area contributed by atoms with Crippen LogP contribution in [0.2, 0.25) is 0 Å². The van der Waals surface area contributed by atoms with Crippen LogP contribution in [0.5, 0.6) is 0 Å². The molecule has 26 heavy (non-hydrogen) atoms. The van der Waals surface area contributed by atoms with E-state index in [0.717, 1.165) is 17.8 Å². The standard InChI is InChI=1S/C21H22N4O/c1-4-16-8-5-7-14(2)20(16)24-19-11-12-22-21(25-19)23-18-10-6-9-17(13-18)15(3)26/h5-13H,4H2,1-3H3,(H2,22,23,24,25). The molecule has 0 bridgehead atoms. The number of hydrogen-bond acceptors (Lipinski definition) is 5. The first-order valence-corrected chi connectivity index (χ1v) is 8.63. The van der Waals surface area contributed by atoms with E-state index in [1.807, 2.05) is 18.2 Å². The van der Waals surface area contributed by atoms with Crippen molar-refractivity contribution in [3.8, 4) is 0 Å². The lowest BCUT2D eigenvalue weighted by Gasteiger charge is -2.14. The molecule has 0 amide bonds. The molecule has 0 aliphatic rings. The summed E-state index contributed by atoms with van der Waals surface area (Å²) in [6.45, 7) is 5.76. The number of aryl methyl sites for hydroxylation is 2. The van der Waals surface area contributed by atoms with Gasteiger partial charge in [-0.1, -0.05) is 37.3 Å². The average molecular weight is 346 g/mol. The number of rotatable bonds is 6. The summed E-state index contributed by atoms with van der Waals surface area (Å²) in [7, 11) is 0. The predicted octanol–water partition coefficient (Wildman–Crippen LogP) is 5.04. The van der Waals surface area contributed by atoms with Gasteiger partial charge in [-0.2, -0.15) is 4.98 Å². The zero-order valence-corrected chi connectivity index (χ0v) is 15.2. The van der Waals surface area contributed by atoms with Crippen LogP contribution in [0.25, 0.3) is 0 Å². The van der Waals surface area contributed by atoms with Crippen LogP contribution < -0.4 is 10.6 Å². The molecule has 3 aromatic rings. The second-order valence-corrected chi connectivity index (χ2v) is 6.12. The number of nitrogens with zero attached hydrogens (tertiary/aromatic N) is 2. The number of benzene rings is 2. The Morgan fingerprint density at radius 1 is 1.08 bits per heavy atom. The molecule has 1 aromatic heterocycles. The molecule has 0 fully saturated rings. The number of aromatic nitrogens is 2. The number of carbonyl (C=O) groups excluding carboxylic acids is 1. The summed E-state index contributed by atoms with van der Waals surface area (Å²) >= 11 is 0. The molecule has 0 atom stereocenters. The highest BCUT2D eigenvalue weighted by Gasteiger charge is 2.07. The highest BCUT2D eigenvalue weighted by molar-refractivity contribution is 5.95. The number of nitrogens with one attached hydrogen (secondary N) is 2. The fourth-order valence-corrected chi connectivity index (χ4v) is 2.76. The predicted molar refractivity (Wildman–Crippen MR) is 106 cm³/mol. The Kier molecular flexibility index (Phi) is 5.27. The van der Waals surface area contributed by atoms with Gasteiger partial charge in [-0.15, -0.1) is 0 Å². The Labute approximate surface area is 153 Å². The van der Waals surface area contributed by atoms with Crippen molar-refractivity contribution in [3.63, 3.8) is 0 Å². The molecule has 0 spiro atoms. The van der Waals surface area contributed by atoms with Crippen LogP contribution in [0.4, 0.5) is 23.1 Å². The minimum absolute atomic E-state index is 0.0247. The lowest BCUT2D eigenvalue weighted by Crippen LogP contribution is -2.03. The molecule has 0 aliphatic carbocycles. The molecule has 0 saturated heterocycles. The largest absolute Gasteiger partial charge is 0.340 e. The maximum absolute atomic E-state index is 11.5. The third-order valence-corrected chi connectivity index (χ3v) is 4.17. The van der Waals surface area contributed by atoms with Crippen LogP contribution in [0, 0.1) is 6.92 Å². The zero-order valence-electron chi connectivity index (χ0n) is 15.2. The number of para-hydroxylation sites is 1. The number of carbonyl (C=O) groups is 1. The highest BCUT2D eigenvalue weighted by atomic mass is 16.1. The first-order chi connectivity index (χ1) is 12.6. The van der Waals surface area contributed by atoms with Crippen molar-refractivity contribution in [3.05, 3.63) is 71.4 Å². The minimum Gasteiger partial charge on any atom is -0.340 e. The molecule has 5 nitrogen and oxygen atoms in total. The van der Waals surface area contributed by atoms with Crippen molar-refractivity contribution in [1.29, 1.82) is 0 Å². The summed E-state index contributed by atoms with van der Waals surface area (Å²) in [4.78, 5) is 20.3. The number of Topliss-reactive ketones (excluding diaryl/α,β-unsaturated/α-hetero) is 1. The summed E-state index contributed by atoms with van der Waals surface area (Å²) in [6.07, 6.45) is 2.65. The van der Waals surface area contributed by atoms with Crippen LogP contribution in [-0.4, -0.2) is 15.8 Å². The van der Waals surface area contributed by atoms with E-state index in [4.69, 9.17) is 0 Å². The lowest BCUT2D eigenvalue weighted by atomic mass is 10.1. The fourth-order valence-electron chi connectivity index (χ4n) is 2.76. The van der Waals surface area contributed by atoms with Crippen LogP contribution in [0.15, 0.2) is 54.7 Å². The van der Waals surface area contributed by atoms with Gasteiger partial charge < -0.3 is 10.6 Å². The van der Waals surface area contributed by atoms with E-state index < -0.39 is 0 Å².